The fraction of sp³-hybridized carbons (Fsp3) is 0.267. The second kappa shape index (κ2) is 13.0. The van der Waals surface area contributed by atoms with Crippen molar-refractivity contribution in [2.75, 3.05) is 20.8 Å². The van der Waals surface area contributed by atoms with Crippen LogP contribution in [0, 0.1) is 17.5 Å². The Morgan fingerprint density at radius 2 is 1.61 bits per heavy atom. The van der Waals surface area contributed by atoms with Gasteiger partial charge in [0, 0.05) is 18.2 Å². The summed E-state index contributed by atoms with van der Waals surface area (Å²) in [7, 11) is 2.89. The topological polar surface area (TPSA) is 110 Å². The molecule has 1 amide bonds. The maximum Gasteiger partial charge on any atom is 0.257 e. The number of ether oxygens (including phenoxy) is 3. The number of nitrogens with one attached hydrogen (secondary N) is 1. The first kappa shape index (κ1) is 29.8. The monoisotopic (exact) mass is 570 g/mol. The van der Waals surface area contributed by atoms with Crippen LogP contribution in [0.2, 0.25) is 0 Å². The summed E-state index contributed by atoms with van der Waals surface area (Å²) in [5.41, 5.74) is 0.741. The molecule has 11 heteroatoms. The number of aliphatic hydroxyl groups excluding tert-OH is 1. The Labute approximate surface area is 234 Å². The number of carbonyl (C=O) groups is 1. The van der Waals surface area contributed by atoms with E-state index in [2.05, 4.69) is 10.3 Å². The molecule has 0 unspecified atom stereocenters. The van der Waals surface area contributed by atoms with E-state index in [-0.39, 0.29) is 29.7 Å². The van der Waals surface area contributed by atoms with Gasteiger partial charge in [-0.1, -0.05) is 12.1 Å². The molecule has 0 saturated heterocycles. The molecule has 4 rings (SSSR count). The van der Waals surface area contributed by atoms with E-state index in [0.29, 0.717) is 29.1 Å². The number of benzene rings is 3. The summed E-state index contributed by atoms with van der Waals surface area (Å²) in [5, 5.41) is 22.7. The van der Waals surface area contributed by atoms with Gasteiger partial charge in [0.25, 0.3) is 5.91 Å². The average molecular weight is 571 g/mol. The fourth-order valence-corrected chi connectivity index (χ4v) is 4.63. The molecule has 0 aliphatic carbocycles. The van der Waals surface area contributed by atoms with Crippen LogP contribution in [0.3, 0.4) is 0 Å². The van der Waals surface area contributed by atoms with Crippen molar-refractivity contribution in [3.8, 4) is 22.6 Å². The van der Waals surface area contributed by atoms with Crippen molar-refractivity contribution in [1.82, 2.24) is 10.3 Å². The number of rotatable bonds is 11. The summed E-state index contributed by atoms with van der Waals surface area (Å²) in [4.78, 5) is 17.1. The summed E-state index contributed by atoms with van der Waals surface area (Å²) in [5.74, 6) is -3.51. The first-order valence-electron chi connectivity index (χ1n) is 12.7. The zero-order valence-corrected chi connectivity index (χ0v) is 22.6. The van der Waals surface area contributed by atoms with Crippen LogP contribution in [0.15, 0.2) is 54.7 Å². The normalized spacial score (nSPS) is 12.0. The molecule has 3 aromatic carbocycles. The summed E-state index contributed by atoms with van der Waals surface area (Å²) < 4.78 is 61.0. The molecule has 0 aliphatic rings. The van der Waals surface area contributed by atoms with E-state index in [4.69, 9.17) is 14.2 Å². The molecule has 1 atom stereocenters. The summed E-state index contributed by atoms with van der Waals surface area (Å²) in [6, 6.07) is 9.33. The SMILES string of the molecule is CCOCc1cc(OC)c(-c2c(F)cc(C[C@H](NC(=O)c3c(F)cccc3F)C(O)O)c3cccnc23)c(OC)c1. The Morgan fingerprint density at radius 1 is 0.951 bits per heavy atom. The summed E-state index contributed by atoms with van der Waals surface area (Å²) in [6.45, 7) is 2.65. The van der Waals surface area contributed by atoms with Crippen molar-refractivity contribution >= 4 is 16.8 Å². The number of aliphatic hydroxyl groups is 2. The van der Waals surface area contributed by atoms with Crippen LogP contribution >= 0.6 is 0 Å². The number of methoxy groups -OCH3 is 2. The van der Waals surface area contributed by atoms with Crippen LogP contribution in [-0.4, -0.2) is 54.3 Å². The van der Waals surface area contributed by atoms with Crippen LogP contribution in [0.4, 0.5) is 13.2 Å². The van der Waals surface area contributed by atoms with E-state index in [1.54, 1.807) is 24.3 Å². The van der Waals surface area contributed by atoms with Crippen molar-refractivity contribution < 1.29 is 42.4 Å². The molecule has 0 aliphatic heterocycles. The van der Waals surface area contributed by atoms with Crippen LogP contribution in [0.25, 0.3) is 22.0 Å². The lowest BCUT2D eigenvalue weighted by Gasteiger charge is -2.23. The largest absolute Gasteiger partial charge is 0.496 e. The quantitative estimate of drug-likeness (QED) is 0.228. The van der Waals surface area contributed by atoms with Crippen LogP contribution in [-0.2, 0) is 17.8 Å². The van der Waals surface area contributed by atoms with E-state index >= 15 is 4.39 Å². The van der Waals surface area contributed by atoms with Crippen molar-refractivity contribution in [1.29, 1.82) is 0 Å². The highest BCUT2D eigenvalue weighted by Gasteiger charge is 2.27. The van der Waals surface area contributed by atoms with E-state index in [9.17, 15) is 23.8 Å². The van der Waals surface area contributed by atoms with Crippen molar-refractivity contribution in [2.24, 2.45) is 0 Å². The minimum atomic E-state index is -2.14. The zero-order valence-electron chi connectivity index (χ0n) is 22.6. The lowest BCUT2D eigenvalue weighted by atomic mass is 9.93. The highest BCUT2D eigenvalue weighted by molar-refractivity contribution is 5.99. The molecule has 8 nitrogen and oxygen atoms in total. The van der Waals surface area contributed by atoms with Crippen molar-refractivity contribution in [3.63, 3.8) is 0 Å². The second-order valence-electron chi connectivity index (χ2n) is 9.10. The smallest absolute Gasteiger partial charge is 0.257 e. The number of amides is 1. The number of aromatic nitrogens is 1. The lowest BCUT2D eigenvalue weighted by molar-refractivity contribution is -0.0647. The van der Waals surface area contributed by atoms with Crippen molar-refractivity contribution in [2.45, 2.75) is 32.3 Å². The van der Waals surface area contributed by atoms with Crippen LogP contribution in [0.5, 0.6) is 11.5 Å². The van der Waals surface area contributed by atoms with Crippen molar-refractivity contribution in [3.05, 3.63) is 88.9 Å². The number of halogens is 3. The highest BCUT2D eigenvalue weighted by atomic mass is 19.1. The molecule has 0 radical (unpaired) electrons. The predicted octanol–water partition coefficient (Wildman–Crippen LogP) is 4.52. The number of carbonyl (C=O) groups excluding carboxylic acids is 1. The zero-order chi connectivity index (χ0) is 29.7. The molecule has 0 fully saturated rings. The molecule has 216 valence electrons. The van der Waals surface area contributed by atoms with Gasteiger partial charge in [0.1, 0.15) is 34.5 Å². The van der Waals surface area contributed by atoms with Gasteiger partial charge < -0.3 is 29.7 Å². The molecule has 1 aromatic heterocycles. The average Bonchev–Trinajstić information content (AvgIpc) is 2.95. The molecular formula is C30H29F3N2O6. The molecule has 41 heavy (non-hydrogen) atoms. The van der Waals surface area contributed by atoms with E-state index in [1.165, 1.54) is 26.5 Å². The Kier molecular flexibility index (Phi) is 9.43. The van der Waals surface area contributed by atoms with Gasteiger partial charge in [-0.3, -0.25) is 9.78 Å². The van der Waals surface area contributed by atoms with E-state index in [1.807, 2.05) is 6.92 Å². The lowest BCUT2D eigenvalue weighted by Crippen LogP contribution is -2.45. The minimum Gasteiger partial charge on any atom is -0.496 e. The number of hydrogen-bond acceptors (Lipinski definition) is 7. The van der Waals surface area contributed by atoms with Gasteiger partial charge in [-0.15, -0.1) is 0 Å². The third-order valence-corrected chi connectivity index (χ3v) is 6.52. The van der Waals surface area contributed by atoms with E-state index in [0.717, 1.165) is 23.8 Å². The third kappa shape index (κ3) is 6.27. The van der Waals surface area contributed by atoms with Gasteiger partial charge in [-0.05, 0) is 60.9 Å². The second-order valence-corrected chi connectivity index (χ2v) is 9.10. The van der Waals surface area contributed by atoms with Gasteiger partial charge in [0.05, 0.1) is 43.5 Å². The van der Waals surface area contributed by atoms with Gasteiger partial charge in [-0.2, -0.15) is 0 Å². The van der Waals surface area contributed by atoms with Gasteiger partial charge >= 0.3 is 0 Å². The van der Waals surface area contributed by atoms with Crippen LogP contribution in [0.1, 0.15) is 28.4 Å². The summed E-state index contributed by atoms with van der Waals surface area (Å²) in [6.07, 6.45) is -0.972. The Balaban J connectivity index is 1.79. The Hall–Kier alpha value is -4.19. The highest BCUT2D eigenvalue weighted by Crippen LogP contribution is 2.44. The first-order chi connectivity index (χ1) is 19.7. The fourth-order valence-electron chi connectivity index (χ4n) is 4.63. The molecule has 0 bridgehead atoms. The third-order valence-electron chi connectivity index (χ3n) is 6.52. The molecule has 0 saturated carbocycles. The standard InChI is InChI=1S/C30H29F3N2O6/c1-4-41-15-16-11-23(39-2)27(24(12-16)40-3)26-21(33)13-17(18-7-6-10-34-28(18)26)14-22(30(37)38)35-29(36)25-19(31)8-5-9-20(25)32/h5-13,22,30,37-38H,4,14-15H2,1-3H3,(H,35,36)/t22-/m0/s1. The number of nitrogens with zero attached hydrogens (tertiary/aromatic N) is 1. The maximum atomic E-state index is 16.0. The van der Waals surface area contributed by atoms with Gasteiger partial charge in [0.15, 0.2) is 6.29 Å². The molecular weight excluding hydrogens is 541 g/mol. The van der Waals surface area contributed by atoms with Gasteiger partial charge in [0.2, 0.25) is 0 Å². The van der Waals surface area contributed by atoms with Crippen LogP contribution < -0.4 is 14.8 Å². The molecule has 3 N–H and O–H groups in total. The molecule has 1 heterocycles. The first-order valence-corrected chi connectivity index (χ1v) is 12.7. The molecule has 0 spiro atoms. The molecule has 4 aromatic rings. The Bertz CT molecular complexity index is 1520. The summed E-state index contributed by atoms with van der Waals surface area (Å²) >= 11 is 0. The number of pyridine rings is 1. The minimum absolute atomic E-state index is 0.0829. The number of hydrogen-bond donors (Lipinski definition) is 3. The number of fused-ring (bicyclic) bond motifs is 1. The van der Waals surface area contributed by atoms with Gasteiger partial charge in [-0.25, -0.2) is 13.2 Å². The van der Waals surface area contributed by atoms with E-state index < -0.39 is 41.3 Å². The Morgan fingerprint density at radius 3 is 2.20 bits per heavy atom. The maximum absolute atomic E-state index is 16.0. The predicted molar refractivity (Wildman–Crippen MR) is 145 cm³/mol.